The van der Waals surface area contributed by atoms with Crippen molar-refractivity contribution >= 4 is 5.69 Å². The quantitative estimate of drug-likeness (QED) is 0.627. The molecule has 5 heteroatoms. The van der Waals surface area contributed by atoms with Crippen LogP contribution in [0.5, 0.6) is 0 Å². The van der Waals surface area contributed by atoms with Gasteiger partial charge >= 0.3 is 0 Å². The van der Waals surface area contributed by atoms with Gasteiger partial charge in [0.1, 0.15) is 5.82 Å². The fraction of sp³-hybridized carbons (Fsp3) is 0.571. The van der Waals surface area contributed by atoms with Crippen LogP contribution in [0.3, 0.4) is 0 Å². The highest BCUT2D eigenvalue weighted by Crippen LogP contribution is 2.18. The minimum atomic E-state index is -0.874. The summed E-state index contributed by atoms with van der Waals surface area (Å²) >= 11 is 0. The lowest BCUT2D eigenvalue weighted by Gasteiger charge is -2.29. The molecule has 0 bridgehead atoms. The second kappa shape index (κ2) is 6.32. The highest BCUT2D eigenvalue weighted by atomic mass is 19.1. The summed E-state index contributed by atoms with van der Waals surface area (Å²) in [7, 11) is 0. The number of anilines is 1. The molecule has 1 saturated carbocycles. The standard InChI is InChI=1S/C14H22FN3O/c1-9-2-5-12(8-13(9)15)18-14(19)17-11-6-3-10(16)4-7-11/h2,5,8,10-11,14,17-19H,3-4,6-7,16H2,1H3. The van der Waals surface area contributed by atoms with E-state index >= 15 is 0 Å². The molecule has 5 N–H and O–H groups in total. The van der Waals surface area contributed by atoms with E-state index in [4.69, 9.17) is 5.73 Å². The zero-order valence-electron chi connectivity index (χ0n) is 11.2. The molecule has 1 fully saturated rings. The molecule has 106 valence electrons. The van der Waals surface area contributed by atoms with Gasteiger partial charge in [0.2, 0.25) is 0 Å². The molecule has 0 spiro atoms. The maximum atomic E-state index is 13.4. The summed E-state index contributed by atoms with van der Waals surface area (Å²) in [5, 5.41) is 15.8. The number of halogens is 1. The van der Waals surface area contributed by atoms with Gasteiger partial charge in [-0.2, -0.15) is 0 Å². The van der Waals surface area contributed by atoms with Crippen LogP contribution in [0.2, 0.25) is 0 Å². The number of rotatable bonds is 4. The number of nitrogens with two attached hydrogens (primary N) is 1. The summed E-state index contributed by atoms with van der Waals surface area (Å²) in [5.74, 6) is -0.277. The third kappa shape index (κ3) is 4.16. The molecule has 0 aliphatic heterocycles. The molecule has 0 aromatic heterocycles. The molecule has 0 saturated heterocycles. The smallest absolute Gasteiger partial charge is 0.181 e. The first kappa shape index (κ1) is 14.2. The first-order valence-corrected chi connectivity index (χ1v) is 6.77. The van der Waals surface area contributed by atoms with Gasteiger partial charge in [-0.05, 0) is 50.3 Å². The van der Waals surface area contributed by atoms with E-state index < -0.39 is 6.35 Å². The van der Waals surface area contributed by atoms with Crippen molar-refractivity contribution in [2.45, 2.75) is 51.0 Å². The number of hydrogen-bond donors (Lipinski definition) is 4. The largest absolute Gasteiger partial charge is 0.361 e. The van der Waals surface area contributed by atoms with E-state index in [9.17, 15) is 9.50 Å². The van der Waals surface area contributed by atoms with E-state index in [-0.39, 0.29) is 17.9 Å². The Morgan fingerprint density at radius 1 is 1.32 bits per heavy atom. The van der Waals surface area contributed by atoms with Crippen molar-refractivity contribution in [1.29, 1.82) is 0 Å². The van der Waals surface area contributed by atoms with E-state index in [1.54, 1.807) is 19.1 Å². The zero-order valence-corrected chi connectivity index (χ0v) is 11.2. The molecule has 19 heavy (non-hydrogen) atoms. The van der Waals surface area contributed by atoms with E-state index in [1.165, 1.54) is 6.07 Å². The average molecular weight is 267 g/mol. The van der Waals surface area contributed by atoms with Gasteiger partial charge < -0.3 is 16.2 Å². The third-order valence-electron chi connectivity index (χ3n) is 3.64. The van der Waals surface area contributed by atoms with Gasteiger partial charge in [0.15, 0.2) is 6.35 Å². The van der Waals surface area contributed by atoms with E-state index in [1.807, 2.05) is 0 Å². The summed E-state index contributed by atoms with van der Waals surface area (Å²) in [5.41, 5.74) is 6.99. The Morgan fingerprint density at radius 2 is 2.00 bits per heavy atom. The molecule has 0 heterocycles. The van der Waals surface area contributed by atoms with Crippen LogP contribution in [-0.4, -0.2) is 23.5 Å². The van der Waals surface area contributed by atoms with Gasteiger partial charge in [0.05, 0.1) is 0 Å². The molecule has 0 radical (unpaired) electrons. The number of aliphatic hydroxyl groups excluding tert-OH is 1. The van der Waals surface area contributed by atoms with E-state index in [2.05, 4.69) is 10.6 Å². The van der Waals surface area contributed by atoms with Crippen LogP contribution in [0.25, 0.3) is 0 Å². The SMILES string of the molecule is Cc1ccc(NC(O)NC2CCC(N)CC2)cc1F. The molecule has 4 nitrogen and oxygen atoms in total. The van der Waals surface area contributed by atoms with Crippen molar-refractivity contribution in [2.24, 2.45) is 5.73 Å². The lowest BCUT2D eigenvalue weighted by Crippen LogP contribution is -2.46. The van der Waals surface area contributed by atoms with Crippen LogP contribution >= 0.6 is 0 Å². The second-order valence-electron chi connectivity index (χ2n) is 5.29. The van der Waals surface area contributed by atoms with Crippen molar-refractivity contribution in [3.05, 3.63) is 29.6 Å². The van der Waals surface area contributed by atoms with Gasteiger partial charge in [0, 0.05) is 17.8 Å². The van der Waals surface area contributed by atoms with Crippen LogP contribution in [0.1, 0.15) is 31.2 Å². The lowest BCUT2D eigenvalue weighted by molar-refractivity contribution is 0.136. The Morgan fingerprint density at radius 3 is 2.63 bits per heavy atom. The average Bonchev–Trinajstić information content (AvgIpc) is 2.37. The Labute approximate surface area is 113 Å². The molecule has 1 unspecified atom stereocenters. The number of aryl methyl sites for hydroxylation is 1. The molecule has 1 aliphatic rings. The molecule has 0 amide bonds. The Hall–Kier alpha value is -1.17. The first-order chi connectivity index (χ1) is 9.04. The van der Waals surface area contributed by atoms with Gasteiger partial charge in [0.25, 0.3) is 0 Å². The van der Waals surface area contributed by atoms with Gasteiger partial charge in [-0.25, -0.2) is 4.39 Å². The molecule has 2 rings (SSSR count). The summed E-state index contributed by atoms with van der Waals surface area (Å²) in [6.45, 7) is 1.71. The summed E-state index contributed by atoms with van der Waals surface area (Å²) in [6.07, 6.45) is 3.00. The number of benzene rings is 1. The second-order valence-corrected chi connectivity index (χ2v) is 5.29. The summed E-state index contributed by atoms with van der Waals surface area (Å²) < 4.78 is 13.4. The molecule has 1 aromatic rings. The topological polar surface area (TPSA) is 70.3 Å². The van der Waals surface area contributed by atoms with E-state index in [0.717, 1.165) is 25.7 Å². The van der Waals surface area contributed by atoms with Crippen LogP contribution in [-0.2, 0) is 0 Å². The van der Waals surface area contributed by atoms with Crippen molar-refractivity contribution in [1.82, 2.24) is 5.32 Å². The fourth-order valence-corrected chi connectivity index (χ4v) is 2.39. The molecule has 1 aromatic carbocycles. The zero-order chi connectivity index (χ0) is 13.8. The highest BCUT2D eigenvalue weighted by molar-refractivity contribution is 5.45. The minimum absolute atomic E-state index is 0.262. The molecule has 1 aliphatic carbocycles. The van der Waals surface area contributed by atoms with E-state index in [0.29, 0.717) is 11.3 Å². The Kier molecular flexibility index (Phi) is 4.74. The fourth-order valence-electron chi connectivity index (χ4n) is 2.39. The van der Waals surface area contributed by atoms with Crippen LogP contribution in [0.4, 0.5) is 10.1 Å². The molecule has 1 atom stereocenters. The van der Waals surface area contributed by atoms with Crippen molar-refractivity contribution < 1.29 is 9.50 Å². The lowest BCUT2D eigenvalue weighted by atomic mass is 9.92. The van der Waals surface area contributed by atoms with Gasteiger partial charge in [-0.1, -0.05) is 6.07 Å². The van der Waals surface area contributed by atoms with Crippen LogP contribution in [0.15, 0.2) is 18.2 Å². The summed E-state index contributed by atoms with van der Waals surface area (Å²) in [6, 6.07) is 5.37. The molecular weight excluding hydrogens is 245 g/mol. The number of hydrogen-bond acceptors (Lipinski definition) is 4. The maximum absolute atomic E-state index is 13.4. The van der Waals surface area contributed by atoms with Crippen molar-refractivity contribution in [3.8, 4) is 0 Å². The molecular formula is C14H22FN3O. The highest BCUT2D eigenvalue weighted by Gasteiger charge is 2.20. The first-order valence-electron chi connectivity index (χ1n) is 6.77. The normalized spacial score (nSPS) is 25.1. The third-order valence-corrected chi connectivity index (χ3v) is 3.64. The maximum Gasteiger partial charge on any atom is 0.181 e. The van der Waals surface area contributed by atoms with Crippen molar-refractivity contribution in [2.75, 3.05) is 5.32 Å². The van der Waals surface area contributed by atoms with Crippen molar-refractivity contribution in [3.63, 3.8) is 0 Å². The predicted molar refractivity (Wildman–Crippen MR) is 74.1 cm³/mol. The number of nitrogens with one attached hydrogen (secondary N) is 2. The van der Waals surface area contributed by atoms with Gasteiger partial charge in [-0.15, -0.1) is 0 Å². The Balaban J connectivity index is 1.83. The monoisotopic (exact) mass is 267 g/mol. The van der Waals surface area contributed by atoms with Gasteiger partial charge in [-0.3, -0.25) is 5.32 Å². The number of aliphatic hydroxyl groups is 1. The predicted octanol–water partition coefficient (Wildman–Crippen LogP) is 1.68. The van der Waals surface area contributed by atoms with Crippen LogP contribution < -0.4 is 16.4 Å². The minimum Gasteiger partial charge on any atom is -0.361 e. The summed E-state index contributed by atoms with van der Waals surface area (Å²) in [4.78, 5) is 0. The Bertz CT molecular complexity index is 419. The van der Waals surface area contributed by atoms with Crippen LogP contribution in [0, 0.1) is 12.7 Å².